The van der Waals surface area contributed by atoms with Crippen molar-refractivity contribution in [3.05, 3.63) is 28.8 Å². The molecule has 1 rings (SSSR count). The highest BCUT2D eigenvalue weighted by Gasteiger charge is 2.21. The van der Waals surface area contributed by atoms with E-state index in [0.29, 0.717) is 0 Å². The van der Waals surface area contributed by atoms with E-state index in [0.717, 1.165) is 16.3 Å². The molecule has 1 aromatic carbocycles. The number of hydrogen-bond donors (Lipinski definition) is 0. The molecular formula is C11H15ClO. The van der Waals surface area contributed by atoms with Gasteiger partial charge in [-0.1, -0.05) is 38.4 Å². The van der Waals surface area contributed by atoms with Crippen molar-refractivity contribution in [2.75, 3.05) is 7.11 Å². The molecule has 0 aliphatic carbocycles. The van der Waals surface area contributed by atoms with Crippen LogP contribution >= 0.6 is 11.6 Å². The predicted molar refractivity (Wildman–Crippen MR) is 56.7 cm³/mol. The summed E-state index contributed by atoms with van der Waals surface area (Å²) in [5, 5.41) is 0.770. The van der Waals surface area contributed by atoms with Crippen LogP contribution in [-0.4, -0.2) is 7.11 Å². The lowest BCUT2D eigenvalue weighted by Crippen LogP contribution is -2.13. The van der Waals surface area contributed by atoms with Gasteiger partial charge < -0.3 is 4.74 Å². The highest BCUT2D eigenvalue weighted by molar-refractivity contribution is 6.31. The van der Waals surface area contributed by atoms with Gasteiger partial charge in [0.05, 0.1) is 7.11 Å². The summed E-state index contributed by atoms with van der Waals surface area (Å²) in [6.07, 6.45) is 0. The Morgan fingerprint density at radius 3 is 2.23 bits per heavy atom. The minimum atomic E-state index is 0.0175. The van der Waals surface area contributed by atoms with Gasteiger partial charge in [-0.05, 0) is 17.5 Å². The molecule has 0 spiro atoms. The van der Waals surface area contributed by atoms with E-state index in [9.17, 15) is 0 Å². The second-order valence-electron chi connectivity index (χ2n) is 4.07. The molecule has 0 heterocycles. The standard InChI is InChI=1S/C11H15ClO/c1-11(2,3)10-8(12)6-5-7-9(10)13-4/h5-7H,1-4H3. The van der Waals surface area contributed by atoms with Crippen LogP contribution in [0.4, 0.5) is 0 Å². The first kappa shape index (κ1) is 10.4. The molecule has 0 unspecified atom stereocenters. The summed E-state index contributed by atoms with van der Waals surface area (Å²) < 4.78 is 5.27. The zero-order valence-electron chi connectivity index (χ0n) is 8.52. The van der Waals surface area contributed by atoms with E-state index in [1.165, 1.54) is 0 Å². The third-order valence-electron chi connectivity index (χ3n) is 1.95. The van der Waals surface area contributed by atoms with Gasteiger partial charge in [0.25, 0.3) is 0 Å². The molecule has 1 nitrogen and oxygen atoms in total. The number of hydrogen-bond acceptors (Lipinski definition) is 1. The van der Waals surface area contributed by atoms with E-state index in [-0.39, 0.29) is 5.41 Å². The van der Waals surface area contributed by atoms with E-state index < -0.39 is 0 Å². The van der Waals surface area contributed by atoms with Gasteiger partial charge in [0.2, 0.25) is 0 Å². The Bertz CT molecular complexity index is 299. The first-order chi connectivity index (χ1) is 5.96. The Kier molecular flexibility index (Phi) is 2.87. The number of ether oxygens (including phenoxy) is 1. The number of rotatable bonds is 1. The topological polar surface area (TPSA) is 9.23 Å². The second kappa shape index (κ2) is 3.59. The van der Waals surface area contributed by atoms with E-state index in [1.54, 1.807) is 7.11 Å². The molecule has 2 heteroatoms. The van der Waals surface area contributed by atoms with Crippen molar-refractivity contribution in [2.24, 2.45) is 0 Å². The minimum Gasteiger partial charge on any atom is -0.496 e. The van der Waals surface area contributed by atoms with Crippen molar-refractivity contribution in [3.8, 4) is 5.75 Å². The summed E-state index contributed by atoms with van der Waals surface area (Å²) in [6, 6.07) is 5.73. The van der Waals surface area contributed by atoms with Crippen molar-refractivity contribution in [3.63, 3.8) is 0 Å². The largest absolute Gasteiger partial charge is 0.496 e. The van der Waals surface area contributed by atoms with Crippen LogP contribution in [0.15, 0.2) is 18.2 Å². The van der Waals surface area contributed by atoms with Crippen molar-refractivity contribution in [2.45, 2.75) is 26.2 Å². The van der Waals surface area contributed by atoms with E-state index in [1.807, 2.05) is 18.2 Å². The van der Waals surface area contributed by atoms with Crippen molar-refractivity contribution >= 4 is 11.6 Å². The van der Waals surface area contributed by atoms with Gasteiger partial charge in [-0.15, -0.1) is 0 Å². The van der Waals surface area contributed by atoms with Gasteiger partial charge >= 0.3 is 0 Å². The van der Waals surface area contributed by atoms with E-state index in [4.69, 9.17) is 16.3 Å². The normalized spacial score (nSPS) is 11.5. The van der Waals surface area contributed by atoms with Crippen LogP contribution in [0.1, 0.15) is 26.3 Å². The summed E-state index contributed by atoms with van der Waals surface area (Å²) >= 11 is 6.11. The van der Waals surface area contributed by atoms with Crippen LogP contribution in [0.3, 0.4) is 0 Å². The number of methoxy groups -OCH3 is 1. The fraction of sp³-hybridized carbons (Fsp3) is 0.455. The fourth-order valence-electron chi connectivity index (χ4n) is 1.40. The lowest BCUT2D eigenvalue weighted by molar-refractivity contribution is 0.397. The fourth-order valence-corrected chi connectivity index (χ4v) is 1.85. The number of benzene rings is 1. The Hall–Kier alpha value is -0.690. The van der Waals surface area contributed by atoms with Crippen LogP contribution in [0, 0.1) is 0 Å². The van der Waals surface area contributed by atoms with Gasteiger partial charge in [0.15, 0.2) is 0 Å². The summed E-state index contributed by atoms with van der Waals surface area (Å²) in [4.78, 5) is 0. The Morgan fingerprint density at radius 2 is 1.85 bits per heavy atom. The first-order valence-corrected chi connectivity index (χ1v) is 4.67. The zero-order chi connectivity index (χ0) is 10.1. The molecular weight excluding hydrogens is 184 g/mol. The molecule has 72 valence electrons. The van der Waals surface area contributed by atoms with E-state index >= 15 is 0 Å². The number of halogens is 1. The average Bonchev–Trinajstić information content (AvgIpc) is 2.01. The first-order valence-electron chi connectivity index (χ1n) is 4.30. The van der Waals surface area contributed by atoms with Crippen molar-refractivity contribution in [1.82, 2.24) is 0 Å². The third kappa shape index (κ3) is 2.16. The van der Waals surface area contributed by atoms with Crippen molar-refractivity contribution < 1.29 is 4.74 Å². The molecule has 0 aliphatic heterocycles. The molecule has 0 atom stereocenters. The molecule has 0 N–H and O–H groups in total. The molecule has 0 bridgehead atoms. The van der Waals surface area contributed by atoms with Gasteiger partial charge in [-0.3, -0.25) is 0 Å². The van der Waals surface area contributed by atoms with Gasteiger partial charge in [-0.25, -0.2) is 0 Å². The van der Waals surface area contributed by atoms with Gasteiger partial charge in [0, 0.05) is 10.6 Å². The smallest absolute Gasteiger partial charge is 0.124 e. The Balaban J connectivity index is 3.32. The quantitative estimate of drug-likeness (QED) is 0.670. The molecule has 13 heavy (non-hydrogen) atoms. The van der Waals surface area contributed by atoms with Crippen LogP contribution in [0.5, 0.6) is 5.75 Å². The molecule has 0 amide bonds. The third-order valence-corrected chi connectivity index (χ3v) is 2.26. The second-order valence-corrected chi connectivity index (χ2v) is 4.47. The monoisotopic (exact) mass is 198 g/mol. The molecule has 0 aromatic heterocycles. The van der Waals surface area contributed by atoms with Gasteiger partial charge in [-0.2, -0.15) is 0 Å². The molecule has 0 saturated carbocycles. The lowest BCUT2D eigenvalue weighted by atomic mass is 9.86. The summed E-state index contributed by atoms with van der Waals surface area (Å²) in [7, 11) is 1.67. The summed E-state index contributed by atoms with van der Waals surface area (Å²) in [5.74, 6) is 0.861. The summed E-state index contributed by atoms with van der Waals surface area (Å²) in [5.41, 5.74) is 1.09. The predicted octanol–water partition coefficient (Wildman–Crippen LogP) is 3.65. The van der Waals surface area contributed by atoms with E-state index in [2.05, 4.69) is 20.8 Å². The van der Waals surface area contributed by atoms with Crippen LogP contribution in [-0.2, 0) is 5.41 Å². The van der Waals surface area contributed by atoms with Crippen LogP contribution < -0.4 is 4.74 Å². The zero-order valence-corrected chi connectivity index (χ0v) is 9.27. The van der Waals surface area contributed by atoms with Crippen molar-refractivity contribution in [1.29, 1.82) is 0 Å². The minimum absolute atomic E-state index is 0.0175. The highest BCUT2D eigenvalue weighted by Crippen LogP contribution is 2.36. The maximum Gasteiger partial charge on any atom is 0.124 e. The maximum absolute atomic E-state index is 6.11. The average molecular weight is 199 g/mol. The maximum atomic E-state index is 6.11. The lowest BCUT2D eigenvalue weighted by Gasteiger charge is -2.23. The molecule has 0 radical (unpaired) electrons. The molecule has 1 aromatic rings. The molecule has 0 fully saturated rings. The van der Waals surface area contributed by atoms with Crippen LogP contribution in [0.2, 0.25) is 5.02 Å². The Morgan fingerprint density at radius 1 is 1.23 bits per heavy atom. The molecule has 0 saturated heterocycles. The SMILES string of the molecule is COc1cccc(Cl)c1C(C)(C)C. The highest BCUT2D eigenvalue weighted by atomic mass is 35.5. The summed E-state index contributed by atoms with van der Waals surface area (Å²) in [6.45, 7) is 6.37. The Labute approximate surface area is 84.7 Å². The molecule has 0 aliphatic rings. The van der Waals surface area contributed by atoms with Crippen LogP contribution in [0.25, 0.3) is 0 Å². The van der Waals surface area contributed by atoms with Gasteiger partial charge in [0.1, 0.15) is 5.75 Å².